The molecule has 0 radical (unpaired) electrons. The number of fused-ring (bicyclic) bond motifs is 1. The number of urea groups is 1. The molecular weight excluding hydrogens is 446 g/mol. The van der Waals surface area contributed by atoms with Crippen molar-refractivity contribution in [1.29, 1.82) is 0 Å². The molecule has 3 amide bonds. The highest BCUT2D eigenvalue weighted by atomic mass is 16.5. The van der Waals surface area contributed by atoms with Crippen molar-refractivity contribution in [1.82, 2.24) is 20.2 Å². The Morgan fingerprint density at radius 1 is 1.03 bits per heavy atom. The zero-order valence-electron chi connectivity index (χ0n) is 20.2. The Balaban J connectivity index is 1.45. The lowest BCUT2D eigenvalue weighted by molar-refractivity contribution is -0.129. The summed E-state index contributed by atoms with van der Waals surface area (Å²) in [5, 5.41) is 14.0. The number of hydrogen-bond acceptors (Lipinski definition) is 5. The molecule has 186 valence electrons. The van der Waals surface area contributed by atoms with E-state index in [9.17, 15) is 9.59 Å². The quantitative estimate of drug-likeness (QED) is 0.275. The number of aromatic nitrogens is 2. The Morgan fingerprint density at radius 3 is 2.49 bits per heavy atom. The van der Waals surface area contributed by atoms with Gasteiger partial charge in [-0.3, -0.25) is 19.6 Å². The maximum atomic E-state index is 13.4. The smallest absolute Gasteiger partial charge is 0.324 e. The molecule has 3 aromatic rings. The summed E-state index contributed by atoms with van der Waals surface area (Å²) in [4.78, 5) is 28.2. The number of nitrogens with zero attached hydrogens (tertiary/aromatic N) is 4. The molecule has 1 aliphatic heterocycles. The Kier molecular flexibility index (Phi) is 8.33. The molecule has 2 aromatic carbocycles. The zero-order valence-corrected chi connectivity index (χ0v) is 20.2. The third kappa shape index (κ3) is 6.17. The van der Waals surface area contributed by atoms with Crippen molar-refractivity contribution < 1.29 is 19.5 Å². The highest BCUT2D eigenvalue weighted by Crippen LogP contribution is 2.27. The van der Waals surface area contributed by atoms with E-state index in [1.54, 1.807) is 5.48 Å². The van der Waals surface area contributed by atoms with Crippen LogP contribution in [0.25, 0.3) is 22.0 Å². The van der Waals surface area contributed by atoms with E-state index in [0.29, 0.717) is 45.7 Å². The molecule has 1 fully saturated rings. The van der Waals surface area contributed by atoms with Crippen LogP contribution >= 0.6 is 0 Å². The van der Waals surface area contributed by atoms with Crippen LogP contribution in [0.2, 0.25) is 0 Å². The van der Waals surface area contributed by atoms with E-state index < -0.39 is 0 Å². The number of nitrogens with one attached hydrogen (secondary N) is 1. The summed E-state index contributed by atoms with van der Waals surface area (Å²) in [6, 6.07) is 14.4. The van der Waals surface area contributed by atoms with Gasteiger partial charge in [0.15, 0.2) is 0 Å². The first kappa shape index (κ1) is 24.7. The van der Waals surface area contributed by atoms with E-state index >= 15 is 0 Å². The Bertz CT molecular complexity index is 1140. The third-order valence-corrected chi connectivity index (χ3v) is 6.43. The van der Waals surface area contributed by atoms with Gasteiger partial charge in [-0.05, 0) is 42.2 Å². The second kappa shape index (κ2) is 11.8. The summed E-state index contributed by atoms with van der Waals surface area (Å²) in [7, 11) is 1.94. The lowest BCUT2D eigenvalue weighted by atomic mass is 10.0. The molecule has 0 bridgehead atoms. The van der Waals surface area contributed by atoms with E-state index in [-0.39, 0.29) is 11.9 Å². The van der Waals surface area contributed by atoms with Gasteiger partial charge in [0.05, 0.1) is 24.9 Å². The van der Waals surface area contributed by atoms with Crippen molar-refractivity contribution in [3.63, 3.8) is 0 Å². The molecule has 1 aromatic heterocycles. The van der Waals surface area contributed by atoms with Crippen LogP contribution in [-0.2, 0) is 16.6 Å². The monoisotopic (exact) mass is 479 g/mol. The molecule has 2 heterocycles. The van der Waals surface area contributed by atoms with Gasteiger partial charge in [-0.15, -0.1) is 0 Å². The third-order valence-electron chi connectivity index (χ3n) is 6.43. The fraction of sp³-hybridized carbons (Fsp3) is 0.423. The van der Waals surface area contributed by atoms with E-state index in [1.165, 1.54) is 0 Å². The van der Waals surface area contributed by atoms with Crippen LogP contribution in [0.1, 0.15) is 32.1 Å². The lowest BCUT2D eigenvalue weighted by Crippen LogP contribution is -2.48. The molecule has 0 spiro atoms. The van der Waals surface area contributed by atoms with Gasteiger partial charge >= 0.3 is 6.03 Å². The van der Waals surface area contributed by atoms with Gasteiger partial charge in [0.1, 0.15) is 0 Å². The molecule has 1 aliphatic rings. The fourth-order valence-corrected chi connectivity index (χ4v) is 4.38. The summed E-state index contributed by atoms with van der Waals surface area (Å²) in [6.45, 7) is 2.90. The second-order valence-electron chi connectivity index (χ2n) is 8.82. The number of unbranched alkanes of at least 4 members (excludes halogenated alkanes) is 3. The van der Waals surface area contributed by atoms with Crippen LogP contribution in [0.4, 0.5) is 10.5 Å². The van der Waals surface area contributed by atoms with E-state index in [0.717, 1.165) is 47.0 Å². The SMILES string of the molecule is Cn1ncc2ccc(-c3ccc(N(CCCCCCC(=O)NO)C(=O)N4CCOCC4)cc3)cc21. The van der Waals surface area contributed by atoms with E-state index in [2.05, 4.69) is 35.4 Å². The highest BCUT2D eigenvalue weighted by molar-refractivity contribution is 5.92. The number of morpholine rings is 1. The molecule has 0 unspecified atom stereocenters. The molecule has 0 aliphatic carbocycles. The molecule has 4 rings (SSSR count). The fourth-order valence-electron chi connectivity index (χ4n) is 4.38. The number of anilines is 1. The number of rotatable bonds is 9. The van der Waals surface area contributed by atoms with Crippen molar-refractivity contribution in [2.45, 2.75) is 32.1 Å². The predicted molar refractivity (Wildman–Crippen MR) is 134 cm³/mol. The molecule has 0 atom stereocenters. The molecule has 0 saturated carbocycles. The molecular formula is C26H33N5O4. The molecule has 9 nitrogen and oxygen atoms in total. The molecule has 35 heavy (non-hydrogen) atoms. The average molecular weight is 480 g/mol. The number of ether oxygens (including phenoxy) is 1. The summed E-state index contributed by atoms with van der Waals surface area (Å²) in [6.07, 6.45) is 5.46. The predicted octanol–water partition coefficient (Wildman–Crippen LogP) is 3.95. The summed E-state index contributed by atoms with van der Waals surface area (Å²) in [5.41, 5.74) is 5.79. The maximum absolute atomic E-state index is 13.4. The topological polar surface area (TPSA) is 99.9 Å². The van der Waals surface area contributed by atoms with E-state index in [1.807, 2.05) is 39.9 Å². The van der Waals surface area contributed by atoms with Crippen molar-refractivity contribution in [2.24, 2.45) is 7.05 Å². The normalized spacial score (nSPS) is 13.7. The zero-order chi connectivity index (χ0) is 24.6. The van der Waals surface area contributed by atoms with Crippen molar-refractivity contribution in [3.8, 4) is 11.1 Å². The number of carbonyl (C=O) groups excluding carboxylic acids is 2. The number of amides is 3. The minimum Gasteiger partial charge on any atom is -0.378 e. The second-order valence-corrected chi connectivity index (χ2v) is 8.82. The molecule has 1 saturated heterocycles. The van der Waals surface area contributed by atoms with Crippen molar-refractivity contribution in [3.05, 3.63) is 48.7 Å². The standard InChI is InChI=1S/C26H33N5O4/c1-29-24-18-21(7-8-22(24)19-27-29)20-9-11-23(12-10-20)31(26(33)30-14-16-35-17-15-30)13-5-3-2-4-6-25(32)28-34/h7-12,18-19,34H,2-6,13-17H2,1H3,(H,28,32). The highest BCUT2D eigenvalue weighted by Gasteiger charge is 2.24. The Morgan fingerprint density at radius 2 is 1.74 bits per heavy atom. The first-order valence-corrected chi connectivity index (χ1v) is 12.2. The maximum Gasteiger partial charge on any atom is 0.324 e. The first-order valence-electron chi connectivity index (χ1n) is 12.2. The minimum atomic E-state index is -0.364. The van der Waals surface area contributed by atoms with Crippen LogP contribution in [-0.4, -0.2) is 64.7 Å². The van der Waals surface area contributed by atoms with Gasteiger partial charge in [0, 0.05) is 44.2 Å². The Labute approximate surface area is 205 Å². The average Bonchev–Trinajstić information content (AvgIpc) is 3.28. The van der Waals surface area contributed by atoms with Crippen molar-refractivity contribution in [2.75, 3.05) is 37.7 Å². The first-order chi connectivity index (χ1) is 17.1. The van der Waals surface area contributed by atoms with Crippen molar-refractivity contribution >= 4 is 28.5 Å². The van der Waals surface area contributed by atoms with Crippen LogP contribution < -0.4 is 10.4 Å². The van der Waals surface area contributed by atoms with E-state index in [4.69, 9.17) is 9.94 Å². The van der Waals surface area contributed by atoms with Gasteiger partial charge in [-0.2, -0.15) is 5.10 Å². The minimum absolute atomic E-state index is 0.00277. The van der Waals surface area contributed by atoms with Crippen LogP contribution in [0.5, 0.6) is 0 Å². The van der Waals surface area contributed by atoms with Crippen LogP contribution in [0.3, 0.4) is 0 Å². The van der Waals surface area contributed by atoms with Crippen LogP contribution in [0.15, 0.2) is 48.7 Å². The van der Waals surface area contributed by atoms with Gasteiger partial charge < -0.3 is 9.64 Å². The Hall–Kier alpha value is -3.43. The molecule has 9 heteroatoms. The summed E-state index contributed by atoms with van der Waals surface area (Å²) < 4.78 is 7.29. The summed E-state index contributed by atoms with van der Waals surface area (Å²) >= 11 is 0. The van der Waals surface area contributed by atoms with Gasteiger partial charge in [-0.1, -0.05) is 37.1 Å². The number of benzene rings is 2. The van der Waals surface area contributed by atoms with Gasteiger partial charge in [-0.25, -0.2) is 10.3 Å². The number of hydrogen-bond donors (Lipinski definition) is 2. The summed E-state index contributed by atoms with van der Waals surface area (Å²) in [5.74, 6) is -0.364. The largest absolute Gasteiger partial charge is 0.378 e. The van der Waals surface area contributed by atoms with Gasteiger partial charge in [0.2, 0.25) is 5.91 Å². The van der Waals surface area contributed by atoms with Gasteiger partial charge in [0.25, 0.3) is 0 Å². The number of aryl methyl sites for hydroxylation is 1. The lowest BCUT2D eigenvalue weighted by Gasteiger charge is -2.33. The van der Waals surface area contributed by atoms with Crippen LogP contribution in [0, 0.1) is 0 Å². The molecule has 2 N–H and O–H groups in total. The number of hydroxylamine groups is 1. The number of carbonyl (C=O) groups is 2.